The van der Waals surface area contributed by atoms with Gasteiger partial charge in [0.25, 0.3) is 8.25 Å². The molecule has 1 radical (unpaired) electrons. The first-order chi connectivity index (χ1) is 1.73. The Kier molecular flexibility index (Phi) is 8.27. The Bertz CT molecular complexity index is 29.9. The minimum Gasteiger partial charge on any atom is -0.598 e. The minimum atomic E-state index is -3.37. The van der Waals surface area contributed by atoms with E-state index in [-0.39, 0.29) is 17.1 Å². The van der Waals surface area contributed by atoms with E-state index in [2.05, 4.69) is 0 Å². The van der Waals surface area contributed by atoms with Gasteiger partial charge in [-0.2, -0.15) is 0 Å². The van der Waals surface area contributed by atoms with Crippen molar-refractivity contribution in [3.05, 3.63) is 0 Å². The molecule has 0 aliphatic heterocycles. The van der Waals surface area contributed by atoms with E-state index in [1.807, 2.05) is 0 Å². The van der Waals surface area contributed by atoms with E-state index in [1.165, 1.54) is 0 Å². The van der Waals surface area contributed by atoms with Gasteiger partial charge in [-0.15, -0.1) is 0 Å². The molecule has 0 aliphatic rings. The maximum Gasteiger partial charge on any atom is 2.00 e. The molecule has 0 aromatic carbocycles. The number of rotatable bonds is 0. The Morgan fingerprint density at radius 1 is 1.40 bits per heavy atom. The third-order valence-electron chi connectivity index (χ3n) is 0. The fourth-order valence-corrected chi connectivity index (χ4v) is 0. The summed E-state index contributed by atoms with van der Waals surface area (Å²) >= 11 is 0. The van der Waals surface area contributed by atoms with Crippen molar-refractivity contribution < 1.29 is 31.4 Å². The summed E-state index contributed by atoms with van der Waals surface area (Å²) in [4.78, 5) is 17.0. The van der Waals surface area contributed by atoms with Crippen molar-refractivity contribution in [3.8, 4) is 0 Å². The molecular formula is MnO3P+. The molecule has 3 nitrogen and oxygen atoms in total. The topological polar surface area (TPSA) is 63.2 Å². The van der Waals surface area contributed by atoms with Gasteiger partial charge in [0.1, 0.15) is 0 Å². The van der Waals surface area contributed by atoms with Gasteiger partial charge in [-0.25, -0.2) is 0 Å². The summed E-state index contributed by atoms with van der Waals surface area (Å²) in [5, 5.41) is 0. The first-order valence-electron chi connectivity index (χ1n) is 0.548. The zero-order valence-corrected chi connectivity index (χ0v) is 4.12. The standard InChI is InChI=1S/Mn.HO3P/c;1-4(2)3/h;(H,1,2,3)/q+2;/p-1. The average molecular weight is 134 g/mol. The van der Waals surface area contributed by atoms with Gasteiger partial charge in [-0.1, -0.05) is 4.57 Å². The summed E-state index contributed by atoms with van der Waals surface area (Å²) in [5.41, 5.74) is 0. The smallest absolute Gasteiger partial charge is 0.598 e. The van der Waals surface area contributed by atoms with Crippen LogP contribution in [0.2, 0.25) is 0 Å². The van der Waals surface area contributed by atoms with Crippen molar-refractivity contribution in [1.82, 2.24) is 0 Å². The van der Waals surface area contributed by atoms with Crippen molar-refractivity contribution in [2.75, 3.05) is 0 Å². The largest absolute Gasteiger partial charge is 2.00 e. The fraction of sp³-hybridized carbons (Fsp3) is 0. The predicted molar refractivity (Wildman–Crippen MR) is 7.61 cm³/mol. The molecule has 5 heavy (non-hydrogen) atoms. The molecule has 0 aromatic rings. The molecular weight excluding hydrogens is 134 g/mol. The van der Waals surface area contributed by atoms with Gasteiger partial charge in [0.2, 0.25) is 0 Å². The van der Waals surface area contributed by atoms with Crippen LogP contribution in [0, 0.1) is 0 Å². The van der Waals surface area contributed by atoms with E-state index >= 15 is 0 Å². The van der Waals surface area contributed by atoms with Crippen molar-refractivity contribution in [1.29, 1.82) is 0 Å². The summed E-state index contributed by atoms with van der Waals surface area (Å²) in [6.45, 7) is 0. The molecule has 29 valence electrons. The molecule has 0 spiro atoms. The Balaban J connectivity index is 0. The second-order valence-electron chi connectivity index (χ2n) is 0.224. The van der Waals surface area contributed by atoms with E-state index < -0.39 is 8.25 Å². The molecule has 0 N–H and O–H groups in total. The van der Waals surface area contributed by atoms with Crippen LogP contribution in [0.15, 0.2) is 0 Å². The molecule has 0 rings (SSSR count). The third kappa shape index (κ3) is 101. The second-order valence-corrected chi connectivity index (χ2v) is 0.671. The van der Waals surface area contributed by atoms with Crippen LogP contribution in [0.1, 0.15) is 0 Å². The van der Waals surface area contributed by atoms with Crippen LogP contribution in [-0.4, -0.2) is 0 Å². The molecule has 0 heterocycles. The van der Waals surface area contributed by atoms with Crippen LogP contribution in [-0.2, 0) is 21.6 Å². The summed E-state index contributed by atoms with van der Waals surface area (Å²) in [6, 6.07) is 0. The van der Waals surface area contributed by atoms with Crippen LogP contribution in [0.5, 0.6) is 0 Å². The van der Waals surface area contributed by atoms with Crippen molar-refractivity contribution in [2.24, 2.45) is 0 Å². The molecule has 0 aliphatic carbocycles. The molecule has 0 aromatic heterocycles. The minimum absolute atomic E-state index is 0. The van der Waals surface area contributed by atoms with Gasteiger partial charge in [0.05, 0.1) is 0 Å². The van der Waals surface area contributed by atoms with Gasteiger partial charge < -0.3 is 9.79 Å². The maximum atomic E-state index is 8.48. The molecule has 0 fully saturated rings. The Labute approximate surface area is 40.4 Å². The van der Waals surface area contributed by atoms with Crippen molar-refractivity contribution >= 4 is 8.25 Å². The zero-order chi connectivity index (χ0) is 3.58. The molecule has 5 heteroatoms. The van der Waals surface area contributed by atoms with Crippen LogP contribution >= 0.6 is 8.25 Å². The van der Waals surface area contributed by atoms with Crippen LogP contribution < -0.4 is 9.79 Å². The maximum absolute atomic E-state index is 8.48. The van der Waals surface area contributed by atoms with Crippen molar-refractivity contribution in [2.45, 2.75) is 0 Å². The van der Waals surface area contributed by atoms with E-state index in [4.69, 9.17) is 14.4 Å². The predicted octanol–water partition coefficient (Wildman–Crippen LogP) is -1.64. The third-order valence-corrected chi connectivity index (χ3v) is 0. The van der Waals surface area contributed by atoms with Crippen LogP contribution in [0.25, 0.3) is 0 Å². The fourth-order valence-electron chi connectivity index (χ4n) is 0. The van der Waals surface area contributed by atoms with Gasteiger partial charge in [-0.3, -0.25) is 0 Å². The van der Waals surface area contributed by atoms with E-state index in [9.17, 15) is 0 Å². The number of hydrogen-bond acceptors (Lipinski definition) is 3. The molecule has 0 atom stereocenters. The number of hydrogen-bond donors (Lipinski definition) is 0. The Hall–Kier alpha value is 0.539. The van der Waals surface area contributed by atoms with Gasteiger partial charge >= 0.3 is 17.1 Å². The van der Waals surface area contributed by atoms with E-state index in [0.717, 1.165) is 0 Å². The Morgan fingerprint density at radius 3 is 1.40 bits per heavy atom. The van der Waals surface area contributed by atoms with E-state index in [0.29, 0.717) is 0 Å². The SMILES string of the molecule is O=[P+]([O-])[O-].[Mn+2]. The normalized spacial score (nSPS) is 5.20. The molecule has 0 bridgehead atoms. The van der Waals surface area contributed by atoms with E-state index in [1.54, 1.807) is 0 Å². The summed E-state index contributed by atoms with van der Waals surface area (Å²) in [7, 11) is -3.37. The van der Waals surface area contributed by atoms with Crippen LogP contribution in [0.3, 0.4) is 0 Å². The first-order valence-corrected chi connectivity index (χ1v) is 1.64. The molecule has 0 saturated heterocycles. The van der Waals surface area contributed by atoms with Gasteiger partial charge in [0, 0.05) is 0 Å². The first kappa shape index (κ1) is 9.11. The monoisotopic (exact) mass is 134 g/mol. The molecule has 0 unspecified atom stereocenters. The summed E-state index contributed by atoms with van der Waals surface area (Å²) in [6.07, 6.45) is 0. The summed E-state index contributed by atoms with van der Waals surface area (Å²) in [5.74, 6) is 0. The molecule has 0 saturated carbocycles. The molecule has 0 amide bonds. The van der Waals surface area contributed by atoms with Crippen molar-refractivity contribution in [3.63, 3.8) is 0 Å². The summed E-state index contributed by atoms with van der Waals surface area (Å²) < 4.78 is 8.48. The average Bonchev–Trinajstić information content (AvgIpc) is 0.811. The Morgan fingerprint density at radius 2 is 1.40 bits per heavy atom. The van der Waals surface area contributed by atoms with Crippen LogP contribution in [0.4, 0.5) is 0 Å². The zero-order valence-electron chi connectivity index (χ0n) is 2.05. The second kappa shape index (κ2) is 4.54. The quantitative estimate of drug-likeness (QED) is 0.295. The van der Waals surface area contributed by atoms with Gasteiger partial charge in [-0.05, 0) is 0 Å². The van der Waals surface area contributed by atoms with Gasteiger partial charge in [0.15, 0.2) is 0 Å².